The Morgan fingerprint density at radius 2 is 1.90 bits per heavy atom. The minimum absolute atomic E-state index is 0.569. The van der Waals surface area contributed by atoms with Crippen LogP contribution in [0, 0.1) is 0 Å². The van der Waals surface area contributed by atoms with E-state index in [0.29, 0.717) is 25.5 Å². The minimum Gasteiger partial charge on any atom is -0.490 e. The smallest absolute Gasteiger partial charge is 0.163 e. The van der Waals surface area contributed by atoms with Crippen molar-refractivity contribution in [2.24, 2.45) is 5.73 Å². The lowest BCUT2D eigenvalue weighted by Crippen LogP contribution is -2.07. The highest BCUT2D eigenvalue weighted by Gasteiger charge is 2.12. The number of rotatable bonds is 8. The second-order valence-corrected chi connectivity index (χ2v) is 4.40. The molecule has 0 aliphatic heterocycles. The molecular weight excluding hydrogens is 270 g/mol. The Morgan fingerprint density at radius 3 is 2.62 bits per heavy atom. The predicted octanol–water partition coefficient (Wildman–Crippen LogP) is 1.35. The number of tetrazole rings is 1. The topological polar surface area (TPSA) is 88.1 Å². The summed E-state index contributed by atoms with van der Waals surface area (Å²) in [7, 11) is 0. The maximum atomic E-state index is 5.62. The first kappa shape index (κ1) is 15.2. The van der Waals surface area contributed by atoms with Crippen LogP contribution in [0.1, 0.15) is 26.1 Å². The fourth-order valence-corrected chi connectivity index (χ4v) is 1.99. The third kappa shape index (κ3) is 3.69. The first-order chi connectivity index (χ1) is 10.3. The molecule has 0 atom stereocenters. The summed E-state index contributed by atoms with van der Waals surface area (Å²) < 4.78 is 12.9. The molecule has 0 saturated carbocycles. The van der Waals surface area contributed by atoms with Gasteiger partial charge in [0.1, 0.15) is 0 Å². The fraction of sp³-hybridized carbons (Fsp3) is 0.500. The number of aryl methyl sites for hydroxylation is 1. The third-order valence-electron chi connectivity index (χ3n) is 2.91. The van der Waals surface area contributed by atoms with Crippen molar-refractivity contribution < 1.29 is 9.47 Å². The zero-order valence-electron chi connectivity index (χ0n) is 12.5. The van der Waals surface area contributed by atoms with Gasteiger partial charge in [-0.25, -0.2) is 0 Å². The molecule has 0 saturated heterocycles. The van der Waals surface area contributed by atoms with Crippen LogP contribution >= 0.6 is 0 Å². The van der Waals surface area contributed by atoms with Crippen molar-refractivity contribution in [2.75, 3.05) is 19.8 Å². The lowest BCUT2D eigenvalue weighted by Gasteiger charge is -2.12. The van der Waals surface area contributed by atoms with Crippen molar-refractivity contribution >= 4 is 0 Å². The van der Waals surface area contributed by atoms with Gasteiger partial charge in [0.25, 0.3) is 0 Å². The Balaban J connectivity index is 2.31. The molecule has 2 aromatic rings. The zero-order valence-corrected chi connectivity index (χ0v) is 12.5. The molecule has 0 amide bonds. The van der Waals surface area contributed by atoms with Crippen LogP contribution in [0.15, 0.2) is 18.2 Å². The Hall–Kier alpha value is -2.15. The number of nitrogens with two attached hydrogens (primary N) is 1. The van der Waals surface area contributed by atoms with Crippen LogP contribution in [-0.4, -0.2) is 40.0 Å². The summed E-state index contributed by atoms with van der Waals surface area (Å²) in [6.45, 7) is 5.65. The number of ether oxygens (including phenoxy) is 2. The van der Waals surface area contributed by atoms with Crippen LogP contribution in [0.3, 0.4) is 0 Å². The van der Waals surface area contributed by atoms with Crippen LogP contribution in [0.5, 0.6) is 11.5 Å². The number of hydrogen-bond donors (Lipinski definition) is 1. The standard InChI is InChI=1S/C14H21N5O2/c1-3-20-12-8-7-11(10-13(12)21-4-2)19-14(6-5-9-15)16-17-18-19/h7-8,10H,3-6,9,15H2,1-2H3. The van der Waals surface area contributed by atoms with Crippen LogP contribution in [-0.2, 0) is 6.42 Å². The van der Waals surface area contributed by atoms with Gasteiger partial charge in [-0.05, 0) is 49.4 Å². The second-order valence-electron chi connectivity index (χ2n) is 4.40. The number of aromatic nitrogens is 4. The van der Waals surface area contributed by atoms with Crippen molar-refractivity contribution in [2.45, 2.75) is 26.7 Å². The summed E-state index contributed by atoms with van der Waals surface area (Å²) in [4.78, 5) is 0. The molecule has 0 aliphatic carbocycles. The third-order valence-corrected chi connectivity index (χ3v) is 2.91. The first-order valence-electron chi connectivity index (χ1n) is 7.17. The van der Waals surface area contributed by atoms with E-state index in [4.69, 9.17) is 15.2 Å². The number of hydrogen-bond acceptors (Lipinski definition) is 6. The lowest BCUT2D eigenvalue weighted by atomic mass is 10.2. The average molecular weight is 291 g/mol. The van der Waals surface area contributed by atoms with Gasteiger partial charge in [-0.15, -0.1) is 5.10 Å². The molecule has 0 spiro atoms. The van der Waals surface area contributed by atoms with Crippen LogP contribution in [0.25, 0.3) is 5.69 Å². The molecule has 0 aliphatic rings. The molecule has 1 heterocycles. The van der Waals surface area contributed by atoms with Gasteiger partial charge in [-0.2, -0.15) is 4.68 Å². The maximum absolute atomic E-state index is 5.62. The van der Waals surface area contributed by atoms with E-state index in [1.165, 1.54) is 0 Å². The van der Waals surface area contributed by atoms with Gasteiger partial charge in [-0.3, -0.25) is 0 Å². The molecule has 21 heavy (non-hydrogen) atoms. The maximum Gasteiger partial charge on any atom is 0.163 e. The van der Waals surface area contributed by atoms with Crippen molar-refractivity contribution in [1.82, 2.24) is 20.2 Å². The first-order valence-corrected chi connectivity index (χ1v) is 7.17. The van der Waals surface area contributed by atoms with Crippen molar-refractivity contribution in [3.05, 3.63) is 24.0 Å². The molecule has 0 bridgehead atoms. The van der Waals surface area contributed by atoms with Crippen LogP contribution in [0.2, 0.25) is 0 Å². The molecule has 1 aromatic heterocycles. The van der Waals surface area contributed by atoms with Gasteiger partial charge in [0.2, 0.25) is 0 Å². The summed E-state index contributed by atoms with van der Waals surface area (Å²) in [5.74, 6) is 2.20. The molecule has 7 heteroatoms. The van der Waals surface area contributed by atoms with E-state index in [2.05, 4.69) is 15.5 Å². The van der Waals surface area contributed by atoms with E-state index in [1.807, 2.05) is 32.0 Å². The number of benzene rings is 1. The highest BCUT2D eigenvalue weighted by atomic mass is 16.5. The van der Waals surface area contributed by atoms with E-state index in [9.17, 15) is 0 Å². The fourth-order valence-electron chi connectivity index (χ4n) is 1.99. The highest BCUT2D eigenvalue weighted by Crippen LogP contribution is 2.30. The summed E-state index contributed by atoms with van der Waals surface area (Å²) >= 11 is 0. The summed E-state index contributed by atoms with van der Waals surface area (Å²) in [5, 5.41) is 11.8. The molecule has 0 fully saturated rings. The van der Waals surface area contributed by atoms with E-state index >= 15 is 0 Å². The Labute approximate surface area is 124 Å². The van der Waals surface area contributed by atoms with Gasteiger partial charge in [0.15, 0.2) is 17.3 Å². The van der Waals surface area contributed by atoms with E-state index in [-0.39, 0.29) is 0 Å². The summed E-state index contributed by atoms with van der Waals surface area (Å²) in [6, 6.07) is 5.67. The molecule has 0 unspecified atom stereocenters. The largest absolute Gasteiger partial charge is 0.490 e. The summed E-state index contributed by atoms with van der Waals surface area (Å²) in [6.07, 6.45) is 1.58. The van der Waals surface area contributed by atoms with E-state index < -0.39 is 0 Å². The highest BCUT2D eigenvalue weighted by molar-refractivity contribution is 5.48. The molecule has 114 valence electrons. The molecule has 7 nitrogen and oxygen atoms in total. The van der Waals surface area contributed by atoms with Crippen LogP contribution in [0.4, 0.5) is 0 Å². The minimum atomic E-state index is 0.569. The monoisotopic (exact) mass is 291 g/mol. The molecule has 2 N–H and O–H groups in total. The molecule has 0 radical (unpaired) electrons. The van der Waals surface area contributed by atoms with Gasteiger partial charge in [-0.1, -0.05) is 0 Å². The normalized spacial score (nSPS) is 10.6. The molecule has 1 aromatic carbocycles. The van der Waals surface area contributed by atoms with E-state index in [1.54, 1.807) is 4.68 Å². The molecule has 2 rings (SSSR count). The van der Waals surface area contributed by atoms with Crippen molar-refractivity contribution in [3.8, 4) is 17.2 Å². The Kier molecular flexibility index (Phi) is 5.51. The van der Waals surface area contributed by atoms with Gasteiger partial charge in [0.05, 0.1) is 18.9 Å². The van der Waals surface area contributed by atoms with Gasteiger partial charge >= 0.3 is 0 Å². The average Bonchev–Trinajstić information content (AvgIpc) is 2.96. The predicted molar refractivity (Wildman–Crippen MR) is 78.9 cm³/mol. The van der Waals surface area contributed by atoms with Gasteiger partial charge in [0, 0.05) is 12.5 Å². The van der Waals surface area contributed by atoms with Crippen molar-refractivity contribution in [1.29, 1.82) is 0 Å². The van der Waals surface area contributed by atoms with E-state index in [0.717, 1.165) is 30.1 Å². The molecular formula is C14H21N5O2. The Bertz CT molecular complexity index is 570. The second kappa shape index (κ2) is 7.58. The lowest BCUT2D eigenvalue weighted by molar-refractivity contribution is 0.287. The quantitative estimate of drug-likeness (QED) is 0.790. The zero-order chi connectivity index (χ0) is 15.1. The van der Waals surface area contributed by atoms with Gasteiger partial charge < -0.3 is 15.2 Å². The van der Waals surface area contributed by atoms with Crippen molar-refractivity contribution in [3.63, 3.8) is 0 Å². The Morgan fingerprint density at radius 1 is 1.14 bits per heavy atom. The van der Waals surface area contributed by atoms with Crippen LogP contribution < -0.4 is 15.2 Å². The summed E-state index contributed by atoms with van der Waals surface area (Å²) in [5.41, 5.74) is 6.38. The SMILES string of the molecule is CCOc1ccc(-n2nnnc2CCCN)cc1OCC. The number of nitrogens with zero attached hydrogens (tertiary/aromatic N) is 4.